The topological polar surface area (TPSA) is 133 Å². The number of benzene rings is 3. The number of rotatable bonds is 8. The minimum absolute atomic E-state index is 0.00250. The van der Waals surface area contributed by atoms with E-state index in [0.29, 0.717) is 32.7 Å². The third-order valence-electron chi connectivity index (χ3n) is 7.77. The molecule has 1 aromatic heterocycles. The highest BCUT2D eigenvalue weighted by Gasteiger charge is 2.30. The van der Waals surface area contributed by atoms with Gasteiger partial charge in [-0.3, -0.25) is 14.4 Å². The fraction of sp³-hybridized carbons (Fsp3) is 0.250. The maximum Gasteiger partial charge on any atom is 0.277 e. The van der Waals surface area contributed by atoms with Gasteiger partial charge in [-0.2, -0.15) is 4.98 Å². The molecule has 47 heavy (non-hydrogen) atoms. The molecule has 0 radical (unpaired) electrons. The fourth-order valence-electron chi connectivity index (χ4n) is 5.47. The van der Waals surface area contributed by atoms with Gasteiger partial charge >= 0.3 is 0 Å². The largest absolute Gasteiger partial charge is 0.511 e. The van der Waals surface area contributed by atoms with Gasteiger partial charge in [-0.25, -0.2) is 4.99 Å². The lowest BCUT2D eigenvalue weighted by Gasteiger charge is -2.25. The van der Waals surface area contributed by atoms with Crippen molar-refractivity contribution >= 4 is 56.2 Å². The Morgan fingerprint density at radius 1 is 0.894 bits per heavy atom. The number of aromatic nitrogens is 2. The summed E-state index contributed by atoms with van der Waals surface area (Å²) in [5, 5.41) is 21.4. The number of hydrogen-bond acceptors (Lipinski definition) is 8. The number of aliphatic imine (C=N–C) groups is 1. The molecule has 6 rings (SSSR count). The molecule has 1 fully saturated rings. The first-order chi connectivity index (χ1) is 22.8. The number of Topliss-reactive ketones (excluding diaryl/α,β-unsaturated/α-hetero) is 1. The summed E-state index contributed by atoms with van der Waals surface area (Å²) in [6.07, 6.45) is 5.58. The highest BCUT2D eigenvalue weighted by atomic mass is 79.9. The van der Waals surface area contributed by atoms with Crippen molar-refractivity contribution in [3.05, 3.63) is 122 Å². The number of aliphatic hydroxyl groups excluding tert-OH is 1. The number of aromatic amines is 1. The second kappa shape index (κ2) is 16.8. The Labute approximate surface area is 290 Å². The van der Waals surface area contributed by atoms with Gasteiger partial charge in [-0.1, -0.05) is 120 Å². The molecular formula is C36H34BrN3O5S2. The highest BCUT2D eigenvalue weighted by molar-refractivity contribution is 9.10. The second-order valence-electron chi connectivity index (χ2n) is 11.1. The van der Waals surface area contributed by atoms with Gasteiger partial charge in [-0.15, -0.1) is 11.8 Å². The number of ketones is 1. The number of carbonyl (C=O) groups excluding carboxylic acids is 2. The zero-order valence-electron chi connectivity index (χ0n) is 25.5. The second-order valence-corrected chi connectivity index (χ2v) is 14.0. The molecule has 8 nitrogen and oxygen atoms in total. The summed E-state index contributed by atoms with van der Waals surface area (Å²) in [5.74, 6) is 0.590. The Hall–Kier alpha value is -3.93. The monoisotopic (exact) mass is 731 g/mol. The Morgan fingerprint density at radius 2 is 1.60 bits per heavy atom. The standard InChI is InChI=1S/C19H21NO3S.C17H13BrN2O2S/c21-15-11-17(24-12-16(22)13-7-3-1-4-8-13)20-19(23)18(15)14-9-5-2-6-10-14;18-13-8-4-5-11(9-13)10-23-17-19-15(21)14(16(22)20-17)12-6-2-1-3-7-12/h1,3-4,7-8,14,21H,2,5-6,9-12H2;1-9H,10H2,(H2,19,20,21,22). The number of thioether (sulfide) groups is 2. The van der Waals surface area contributed by atoms with Gasteiger partial charge in [0.2, 0.25) is 5.88 Å². The van der Waals surface area contributed by atoms with Crippen molar-refractivity contribution in [1.82, 2.24) is 9.97 Å². The van der Waals surface area contributed by atoms with Crippen molar-refractivity contribution in [2.45, 2.75) is 49.4 Å². The Bertz CT molecular complexity index is 1840. The molecule has 0 bridgehead atoms. The molecule has 1 amide bonds. The molecule has 0 unspecified atom stereocenters. The summed E-state index contributed by atoms with van der Waals surface area (Å²) in [4.78, 5) is 47.7. The van der Waals surface area contributed by atoms with Gasteiger partial charge in [0.25, 0.3) is 11.5 Å². The molecule has 11 heteroatoms. The SMILES string of the molecule is O=C1N=C(SCC(=O)c2ccccc2)CC(O)=C1C1CCCCC1.O=c1[nH]c(SCc2cccc(Br)c2)nc(O)c1-c1ccccc1. The van der Waals surface area contributed by atoms with Gasteiger partial charge in [0.05, 0.1) is 22.8 Å². The van der Waals surface area contributed by atoms with Crippen LogP contribution in [0.2, 0.25) is 0 Å². The van der Waals surface area contributed by atoms with Crippen LogP contribution in [0, 0.1) is 5.92 Å². The summed E-state index contributed by atoms with van der Waals surface area (Å²) in [5.41, 5.74) is 2.74. The van der Waals surface area contributed by atoms with E-state index in [1.165, 1.54) is 29.9 Å². The number of carbonyl (C=O) groups is 2. The molecule has 1 saturated carbocycles. The van der Waals surface area contributed by atoms with E-state index in [4.69, 9.17) is 0 Å². The van der Waals surface area contributed by atoms with E-state index >= 15 is 0 Å². The molecule has 3 aromatic carbocycles. The third-order valence-corrected chi connectivity index (χ3v) is 10.2. The maximum absolute atomic E-state index is 12.3. The number of halogens is 1. The van der Waals surface area contributed by atoms with Crippen molar-refractivity contribution in [2.75, 3.05) is 5.75 Å². The van der Waals surface area contributed by atoms with Crippen molar-refractivity contribution in [2.24, 2.45) is 10.9 Å². The molecule has 2 heterocycles. The van der Waals surface area contributed by atoms with Crippen LogP contribution in [-0.2, 0) is 10.5 Å². The van der Waals surface area contributed by atoms with Crippen LogP contribution < -0.4 is 5.56 Å². The smallest absolute Gasteiger partial charge is 0.277 e. The van der Waals surface area contributed by atoms with Crippen LogP contribution >= 0.6 is 39.5 Å². The molecule has 0 atom stereocenters. The molecule has 1 aliphatic carbocycles. The molecule has 1 aliphatic heterocycles. The van der Waals surface area contributed by atoms with Crippen molar-refractivity contribution in [3.63, 3.8) is 0 Å². The summed E-state index contributed by atoms with van der Waals surface area (Å²) in [7, 11) is 0. The zero-order valence-corrected chi connectivity index (χ0v) is 28.7. The summed E-state index contributed by atoms with van der Waals surface area (Å²) in [6, 6.07) is 26.0. The molecule has 242 valence electrons. The van der Waals surface area contributed by atoms with Crippen LogP contribution in [0.4, 0.5) is 0 Å². The van der Waals surface area contributed by atoms with Gasteiger partial charge in [0.1, 0.15) is 11.3 Å². The third kappa shape index (κ3) is 9.56. The zero-order chi connectivity index (χ0) is 33.2. The van der Waals surface area contributed by atoms with Crippen LogP contribution in [0.3, 0.4) is 0 Å². The number of nitrogens with one attached hydrogen (secondary N) is 1. The highest BCUT2D eigenvalue weighted by Crippen LogP contribution is 2.35. The van der Waals surface area contributed by atoms with E-state index in [1.54, 1.807) is 24.3 Å². The number of aromatic hydroxyl groups is 1. The minimum Gasteiger partial charge on any atom is -0.511 e. The fourth-order valence-corrected chi connectivity index (χ4v) is 7.57. The number of dihydropyridines is 1. The number of H-pyrrole nitrogens is 1. The molecule has 0 spiro atoms. The van der Waals surface area contributed by atoms with Crippen molar-refractivity contribution in [1.29, 1.82) is 0 Å². The average Bonchev–Trinajstić information content (AvgIpc) is 3.07. The van der Waals surface area contributed by atoms with E-state index in [2.05, 4.69) is 30.9 Å². The maximum atomic E-state index is 12.3. The van der Waals surface area contributed by atoms with Crippen LogP contribution in [0.25, 0.3) is 11.1 Å². The number of hydrogen-bond donors (Lipinski definition) is 3. The lowest BCUT2D eigenvalue weighted by atomic mass is 9.82. The van der Waals surface area contributed by atoms with E-state index in [9.17, 15) is 24.6 Å². The Balaban J connectivity index is 0.000000185. The first-order valence-corrected chi connectivity index (χ1v) is 18.1. The first-order valence-electron chi connectivity index (χ1n) is 15.3. The van der Waals surface area contributed by atoms with E-state index in [1.807, 2.05) is 60.7 Å². The van der Waals surface area contributed by atoms with Crippen LogP contribution in [0.15, 0.2) is 116 Å². The van der Waals surface area contributed by atoms with Gasteiger partial charge < -0.3 is 15.2 Å². The number of amides is 1. The molecule has 0 saturated heterocycles. The number of nitrogens with zero attached hydrogens (tertiary/aromatic N) is 2. The van der Waals surface area contributed by atoms with E-state index < -0.39 is 0 Å². The van der Waals surface area contributed by atoms with Gasteiger partial charge in [0.15, 0.2) is 10.9 Å². The first kappa shape index (κ1) is 34.4. The Kier molecular flexibility index (Phi) is 12.3. The molecular weight excluding hydrogens is 698 g/mol. The quantitative estimate of drug-likeness (QED) is 0.0934. The normalized spacial score (nSPS) is 15.1. The lowest BCUT2D eigenvalue weighted by molar-refractivity contribution is -0.115. The molecule has 2 aliphatic rings. The number of allylic oxidation sites excluding steroid dienone is 1. The van der Waals surface area contributed by atoms with Crippen molar-refractivity contribution < 1.29 is 19.8 Å². The van der Waals surface area contributed by atoms with Gasteiger partial charge in [-0.05, 0) is 42.0 Å². The van der Waals surface area contributed by atoms with Crippen LogP contribution in [0.1, 0.15) is 54.4 Å². The van der Waals surface area contributed by atoms with E-state index in [0.717, 1.165) is 35.7 Å². The summed E-state index contributed by atoms with van der Waals surface area (Å²) in [6.45, 7) is 0. The average molecular weight is 733 g/mol. The summed E-state index contributed by atoms with van der Waals surface area (Å²) >= 11 is 6.03. The lowest BCUT2D eigenvalue weighted by Crippen LogP contribution is -2.22. The molecule has 3 N–H and O–H groups in total. The van der Waals surface area contributed by atoms with Crippen molar-refractivity contribution in [3.8, 4) is 17.0 Å². The minimum atomic E-state index is -0.347. The predicted octanol–water partition coefficient (Wildman–Crippen LogP) is 8.52. The van der Waals surface area contributed by atoms with Crippen LogP contribution in [0.5, 0.6) is 5.88 Å². The summed E-state index contributed by atoms with van der Waals surface area (Å²) < 4.78 is 0.999. The number of aliphatic hydroxyl groups is 1. The van der Waals surface area contributed by atoms with Gasteiger partial charge in [0, 0.05) is 15.8 Å². The van der Waals surface area contributed by atoms with Crippen LogP contribution in [-0.4, -0.2) is 42.7 Å². The Morgan fingerprint density at radius 3 is 2.26 bits per heavy atom. The predicted molar refractivity (Wildman–Crippen MR) is 192 cm³/mol. The molecule has 4 aromatic rings. The van der Waals surface area contributed by atoms with E-state index in [-0.39, 0.29) is 52.5 Å².